The molecule has 1 saturated heterocycles. The average molecular weight is 364 g/mol. The van der Waals surface area contributed by atoms with Gasteiger partial charge in [0.1, 0.15) is 0 Å². The molecule has 0 atom stereocenters. The Kier molecular flexibility index (Phi) is 6.36. The van der Waals surface area contributed by atoms with E-state index in [0.717, 1.165) is 31.8 Å². The van der Waals surface area contributed by atoms with Crippen molar-refractivity contribution in [3.05, 3.63) is 29.3 Å². The Morgan fingerprint density at radius 1 is 1.38 bits per heavy atom. The van der Waals surface area contributed by atoms with E-state index >= 15 is 0 Å². The Morgan fingerprint density at radius 2 is 2.04 bits per heavy atom. The summed E-state index contributed by atoms with van der Waals surface area (Å²) < 4.78 is 45.8. The van der Waals surface area contributed by atoms with E-state index < -0.39 is 23.3 Å². The summed E-state index contributed by atoms with van der Waals surface area (Å²) in [6.45, 7) is 4.27. The van der Waals surface area contributed by atoms with Gasteiger partial charge in [-0.1, -0.05) is 11.9 Å². The highest BCUT2D eigenvalue weighted by atomic mass is 32.2. The molecule has 0 radical (unpaired) electrons. The van der Waals surface area contributed by atoms with Crippen LogP contribution in [0.3, 0.4) is 0 Å². The number of carboxylic acid groups (broad SMARTS) is 1. The van der Waals surface area contributed by atoms with E-state index in [9.17, 15) is 18.0 Å². The second kappa shape index (κ2) is 8.09. The number of rotatable bonds is 6. The summed E-state index contributed by atoms with van der Waals surface area (Å²) in [5.41, 5.74) is -1.42. The van der Waals surface area contributed by atoms with Crippen molar-refractivity contribution < 1.29 is 27.8 Å². The predicted octanol–water partition coefficient (Wildman–Crippen LogP) is 2.82. The van der Waals surface area contributed by atoms with Crippen molar-refractivity contribution in [1.29, 1.82) is 0 Å². The minimum atomic E-state index is -4.69. The highest BCUT2D eigenvalue weighted by Crippen LogP contribution is 2.34. The lowest BCUT2D eigenvalue weighted by Crippen LogP contribution is -2.40. The van der Waals surface area contributed by atoms with E-state index in [1.807, 2.05) is 0 Å². The third-order valence-electron chi connectivity index (χ3n) is 3.77. The number of carboxylic acids is 1. The van der Waals surface area contributed by atoms with Gasteiger partial charge in [0.15, 0.2) is 0 Å². The molecule has 1 aromatic rings. The van der Waals surface area contributed by atoms with Crippen molar-refractivity contribution >= 4 is 23.6 Å². The van der Waals surface area contributed by atoms with Gasteiger partial charge >= 0.3 is 12.1 Å². The fraction of sp³-hybridized carbons (Fsp3) is 0.533. The number of morpholine rings is 1. The molecular weight excluding hydrogens is 345 g/mol. The van der Waals surface area contributed by atoms with Gasteiger partial charge in [-0.05, 0) is 18.2 Å². The maximum Gasteiger partial charge on any atom is 0.417 e. The molecular formula is C15H19F3N2O3S. The van der Waals surface area contributed by atoms with E-state index in [2.05, 4.69) is 4.90 Å². The predicted molar refractivity (Wildman–Crippen MR) is 86.5 cm³/mol. The van der Waals surface area contributed by atoms with E-state index in [1.165, 1.54) is 18.0 Å². The molecule has 1 heterocycles. The van der Waals surface area contributed by atoms with Gasteiger partial charge < -0.3 is 14.1 Å². The van der Waals surface area contributed by atoms with Crippen LogP contribution in [0.4, 0.5) is 18.9 Å². The quantitative estimate of drug-likeness (QED) is 0.784. The standard InChI is InChI=1S/C15H19F3N2O3S/c1-24-20(5-4-19-6-8-23-9-7-19)11-2-3-13(15(16,17)18)12(10-11)14(21)22/h2-3,10H,4-9H2,1H3,(H,21,22). The van der Waals surface area contributed by atoms with E-state index in [0.29, 0.717) is 25.4 Å². The first-order chi connectivity index (χ1) is 11.3. The van der Waals surface area contributed by atoms with Gasteiger partial charge in [-0.15, -0.1) is 0 Å². The first-order valence-corrected chi connectivity index (χ1v) is 8.57. The van der Waals surface area contributed by atoms with Crippen LogP contribution in [0.5, 0.6) is 0 Å². The minimum Gasteiger partial charge on any atom is -0.478 e. The molecule has 24 heavy (non-hydrogen) atoms. The normalized spacial score (nSPS) is 16.2. The topological polar surface area (TPSA) is 53.0 Å². The van der Waals surface area contributed by atoms with Crippen molar-refractivity contribution in [2.75, 3.05) is 50.0 Å². The van der Waals surface area contributed by atoms with Crippen molar-refractivity contribution in [3.63, 3.8) is 0 Å². The summed E-state index contributed by atoms with van der Waals surface area (Å²) in [4.78, 5) is 13.4. The first kappa shape index (κ1) is 18.9. The number of nitrogens with zero attached hydrogens (tertiary/aromatic N) is 2. The smallest absolute Gasteiger partial charge is 0.417 e. The molecule has 0 saturated carbocycles. The lowest BCUT2D eigenvalue weighted by atomic mass is 10.1. The van der Waals surface area contributed by atoms with Crippen molar-refractivity contribution in [2.24, 2.45) is 0 Å². The summed E-state index contributed by atoms with van der Waals surface area (Å²) in [5.74, 6) is -1.58. The molecule has 0 unspecified atom stereocenters. The van der Waals surface area contributed by atoms with Crippen LogP contribution in [0.25, 0.3) is 0 Å². The third-order valence-corrected chi connectivity index (χ3v) is 4.60. The average Bonchev–Trinajstić information content (AvgIpc) is 2.55. The maximum absolute atomic E-state index is 12.9. The monoisotopic (exact) mass is 364 g/mol. The van der Waals surface area contributed by atoms with Crippen LogP contribution in [0.15, 0.2) is 18.2 Å². The van der Waals surface area contributed by atoms with Gasteiger partial charge in [-0.3, -0.25) is 4.90 Å². The maximum atomic E-state index is 12.9. The number of anilines is 1. The second-order valence-corrected chi connectivity index (χ2v) is 6.08. The molecule has 9 heteroatoms. The molecule has 1 aliphatic heterocycles. The molecule has 0 aliphatic carbocycles. The van der Waals surface area contributed by atoms with Crippen LogP contribution in [-0.4, -0.2) is 61.6 Å². The summed E-state index contributed by atoms with van der Waals surface area (Å²) >= 11 is 1.35. The van der Waals surface area contributed by atoms with Crippen LogP contribution in [0.2, 0.25) is 0 Å². The fourth-order valence-corrected chi connectivity index (χ4v) is 3.08. The number of aromatic carboxylic acids is 1. The van der Waals surface area contributed by atoms with Crippen LogP contribution in [0.1, 0.15) is 15.9 Å². The molecule has 2 rings (SSSR count). The highest BCUT2D eigenvalue weighted by molar-refractivity contribution is 7.99. The zero-order chi connectivity index (χ0) is 17.7. The Bertz CT molecular complexity index is 578. The highest BCUT2D eigenvalue weighted by Gasteiger charge is 2.35. The Morgan fingerprint density at radius 3 is 2.58 bits per heavy atom. The number of hydrogen-bond acceptors (Lipinski definition) is 5. The Hall–Kier alpha value is -1.45. The largest absolute Gasteiger partial charge is 0.478 e. The van der Waals surface area contributed by atoms with Crippen LogP contribution in [0, 0.1) is 0 Å². The number of carbonyl (C=O) groups is 1. The molecule has 0 aromatic heterocycles. The number of benzene rings is 1. The van der Waals surface area contributed by atoms with Gasteiger partial charge in [0.25, 0.3) is 0 Å². The van der Waals surface area contributed by atoms with Crippen LogP contribution < -0.4 is 4.31 Å². The molecule has 0 bridgehead atoms. The lowest BCUT2D eigenvalue weighted by molar-refractivity contribution is -0.138. The van der Waals surface area contributed by atoms with Crippen molar-refractivity contribution in [2.45, 2.75) is 6.18 Å². The van der Waals surface area contributed by atoms with Gasteiger partial charge in [-0.25, -0.2) is 4.79 Å². The van der Waals surface area contributed by atoms with Gasteiger partial charge in [0, 0.05) is 38.1 Å². The van der Waals surface area contributed by atoms with Gasteiger partial charge in [0.2, 0.25) is 0 Å². The second-order valence-electron chi connectivity index (χ2n) is 5.27. The SMILES string of the molecule is CSN(CCN1CCOCC1)c1ccc(C(F)(F)F)c(C(=O)O)c1. The molecule has 1 aliphatic rings. The number of hydrogen-bond donors (Lipinski definition) is 1. The molecule has 0 amide bonds. The summed E-state index contributed by atoms with van der Waals surface area (Å²) in [6.07, 6.45) is -2.89. The van der Waals surface area contributed by atoms with Crippen LogP contribution in [-0.2, 0) is 10.9 Å². The summed E-state index contributed by atoms with van der Waals surface area (Å²) in [7, 11) is 0. The third kappa shape index (κ3) is 4.78. The molecule has 0 spiro atoms. The Balaban J connectivity index is 2.15. The number of halogens is 3. The molecule has 5 nitrogen and oxygen atoms in total. The first-order valence-electron chi connectivity index (χ1n) is 7.39. The Labute approximate surface area is 142 Å². The lowest BCUT2D eigenvalue weighted by Gasteiger charge is -2.30. The molecule has 134 valence electrons. The molecule has 1 N–H and O–H groups in total. The van der Waals surface area contributed by atoms with Crippen molar-refractivity contribution in [1.82, 2.24) is 4.90 Å². The van der Waals surface area contributed by atoms with Gasteiger partial charge in [0.05, 0.1) is 24.3 Å². The van der Waals surface area contributed by atoms with E-state index in [-0.39, 0.29) is 0 Å². The van der Waals surface area contributed by atoms with Crippen LogP contribution >= 0.6 is 11.9 Å². The zero-order valence-electron chi connectivity index (χ0n) is 13.2. The number of alkyl halides is 3. The van der Waals surface area contributed by atoms with E-state index in [4.69, 9.17) is 9.84 Å². The van der Waals surface area contributed by atoms with E-state index in [1.54, 1.807) is 10.6 Å². The minimum absolute atomic E-state index is 0.446. The van der Waals surface area contributed by atoms with Crippen molar-refractivity contribution in [3.8, 4) is 0 Å². The van der Waals surface area contributed by atoms with Gasteiger partial charge in [-0.2, -0.15) is 13.2 Å². The fourth-order valence-electron chi connectivity index (χ4n) is 2.49. The molecule has 1 fully saturated rings. The zero-order valence-corrected chi connectivity index (χ0v) is 14.0. The molecule has 1 aromatic carbocycles. The summed E-state index contributed by atoms with van der Waals surface area (Å²) in [5, 5.41) is 9.09. The summed E-state index contributed by atoms with van der Waals surface area (Å²) in [6, 6.07) is 3.22. The number of ether oxygens (including phenoxy) is 1.